The summed E-state index contributed by atoms with van der Waals surface area (Å²) in [4.78, 5) is 26.6. The lowest BCUT2D eigenvalue weighted by Crippen LogP contribution is -2.41. The molecule has 8 heteroatoms. The van der Waals surface area contributed by atoms with Gasteiger partial charge in [-0.3, -0.25) is 4.79 Å². The number of amides is 3. The van der Waals surface area contributed by atoms with Gasteiger partial charge in [0.2, 0.25) is 10.0 Å². The first-order valence-corrected chi connectivity index (χ1v) is 10.2. The van der Waals surface area contributed by atoms with Gasteiger partial charge in [-0.15, -0.1) is 0 Å². The minimum absolute atomic E-state index is 0.128. The summed E-state index contributed by atoms with van der Waals surface area (Å²) in [5, 5.41) is 1.62. The second-order valence-electron chi connectivity index (χ2n) is 5.66. The first kappa shape index (κ1) is 15.5. The zero-order valence-corrected chi connectivity index (χ0v) is 14.2. The number of rotatable bonds is 1. The van der Waals surface area contributed by atoms with Crippen molar-refractivity contribution in [2.24, 2.45) is 0 Å². The maximum absolute atomic E-state index is 12.8. The van der Waals surface area contributed by atoms with Crippen molar-refractivity contribution in [2.45, 2.75) is 6.04 Å². The molecule has 0 spiro atoms. The number of carbonyl (C=O) groups is 2. The Morgan fingerprint density at radius 1 is 1.04 bits per heavy atom. The maximum atomic E-state index is 12.8. The molecule has 0 unspecified atom stereocenters. The summed E-state index contributed by atoms with van der Waals surface area (Å²) in [5.41, 5.74) is 0.427. The normalized spacial score (nSPS) is 23.4. The number of thioether (sulfide) groups is 1. The highest BCUT2D eigenvalue weighted by atomic mass is 32.2. The van der Waals surface area contributed by atoms with Crippen molar-refractivity contribution in [3.8, 4) is 0 Å². The molecule has 2 fully saturated rings. The number of carbonyl (C=O) groups excluding carboxylic acids is 2. The zero-order chi connectivity index (χ0) is 16.9. The van der Waals surface area contributed by atoms with E-state index in [1.54, 1.807) is 12.1 Å². The summed E-state index contributed by atoms with van der Waals surface area (Å²) in [7, 11) is -3.77. The molecular weight excluding hydrogens is 348 g/mol. The molecule has 0 radical (unpaired) electrons. The number of fused-ring (bicyclic) bond motifs is 2. The van der Waals surface area contributed by atoms with Crippen molar-refractivity contribution in [1.29, 1.82) is 0 Å². The number of benzene rings is 2. The van der Waals surface area contributed by atoms with Gasteiger partial charge in [-0.2, -0.15) is 11.8 Å². The second-order valence-corrected chi connectivity index (χ2v) is 8.77. The molecule has 0 aliphatic carbocycles. The van der Waals surface area contributed by atoms with Crippen LogP contribution in [0.25, 0.3) is 10.8 Å². The van der Waals surface area contributed by atoms with E-state index >= 15 is 0 Å². The number of nitrogens with zero attached hydrogens (tertiary/aromatic N) is 2. The van der Waals surface area contributed by atoms with E-state index in [4.69, 9.17) is 0 Å². The number of hydrogen-bond acceptors (Lipinski definition) is 5. The zero-order valence-electron chi connectivity index (χ0n) is 12.6. The van der Waals surface area contributed by atoms with E-state index in [1.807, 2.05) is 30.3 Å². The van der Waals surface area contributed by atoms with Gasteiger partial charge in [0.1, 0.15) is 6.04 Å². The van der Waals surface area contributed by atoms with Crippen LogP contribution in [0.5, 0.6) is 0 Å². The predicted octanol–water partition coefficient (Wildman–Crippen LogP) is 2.05. The van der Waals surface area contributed by atoms with Crippen LogP contribution in [-0.4, -0.2) is 48.0 Å². The van der Waals surface area contributed by atoms with Gasteiger partial charge in [-0.1, -0.05) is 36.4 Å². The average Bonchev–Trinajstić information content (AvgIpc) is 2.71. The van der Waals surface area contributed by atoms with E-state index in [0.717, 1.165) is 20.0 Å². The lowest BCUT2D eigenvalue weighted by atomic mass is 10.1. The van der Waals surface area contributed by atoms with E-state index in [0.29, 0.717) is 17.2 Å². The lowest BCUT2D eigenvalue weighted by molar-refractivity contribution is -0.118. The second kappa shape index (κ2) is 5.49. The fourth-order valence-corrected chi connectivity index (χ4v) is 6.27. The molecular formula is C16H14N2O4S2. The van der Waals surface area contributed by atoms with Gasteiger partial charge in [0.05, 0.1) is 11.4 Å². The first-order valence-electron chi connectivity index (χ1n) is 7.46. The number of sulfonamides is 1. The molecule has 6 nitrogen and oxygen atoms in total. The molecule has 4 rings (SSSR count). The van der Waals surface area contributed by atoms with Crippen molar-refractivity contribution in [3.05, 3.63) is 42.5 Å². The van der Waals surface area contributed by atoms with E-state index in [9.17, 15) is 18.0 Å². The molecule has 0 N–H and O–H groups in total. The quantitative estimate of drug-likeness (QED) is 0.726. The number of hydrogen-bond donors (Lipinski definition) is 0. The minimum Gasteiger partial charge on any atom is -0.271 e. The Balaban J connectivity index is 1.88. The van der Waals surface area contributed by atoms with Crippen molar-refractivity contribution < 1.29 is 18.0 Å². The monoisotopic (exact) mass is 362 g/mol. The molecule has 24 heavy (non-hydrogen) atoms. The molecule has 2 aliphatic heterocycles. The number of anilines is 1. The highest BCUT2D eigenvalue weighted by molar-refractivity contribution is 8.01. The van der Waals surface area contributed by atoms with Gasteiger partial charge < -0.3 is 0 Å². The molecule has 1 atom stereocenters. The summed E-state index contributed by atoms with van der Waals surface area (Å²) >= 11 is 1.38. The van der Waals surface area contributed by atoms with E-state index in [2.05, 4.69) is 0 Å². The van der Waals surface area contributed by atoms with Crippen LogP contribution >= 0.6 is 11.8 Å². The lowest BCUT2D eigenvalue weighted by Gasteiger charge is -2.18. The summed E-state index contributed by atoms with van der Waals surface area (Å²) in [6.45, 7) is 0. The summed E-state index contributed by atoms with van der Waals surface area (Å²) in [5.74, 6) is 0.0838. The Labute approximate surface area is 143 Å². The van der Waals surface area contributed by atoms with Gasteiger partial charge >= 0.3 is 6.03 Å². The van der Waals surface area contributed by atoms with E-state index in [-0.39, 0.29) is 5.75 Å². The number of urea groups is 1. The standard InChI is InChI=1S/C16H14N2O4S2/c19-15-14-10-23-8-9-24(21,22)18(14)16(20)17(15)13-7-3-5-11-4-1-2-6-12(11)13/h1-7,14H,8-10H2/t14-/m0/s1. The summed E-state index contributed by atoms with van der Waals surface area (Å²) in [6.07, 6.45) is 0. The van der Waals surface area contributed by atoms with Gasteiger partial charge in [0.25, 0.3) is 5.91 Å². The van der Waals surface area contributed by atoms with Gasteiger partial charge in [0.15, 0.2) is 0 Å². The predicted molar refractivity (Wildman–Crippen MR) is 93.6 cm³/mol. The molecule has 0 saturated carbocycles. The molecule has 124 valence electrons. The van der Waals surface area contributed by atoms with Crippen LogP contribution in [-0.2, 0) is 14.8 Å². The molecule has 0 aromatic heterocycles. The fraction of sp³-hybridized carbons (Fsp3) is 0.250. The van der Waals surface area contributed by atoms with Crippen LogP contribution in [0.4, 0.5) is 10.5 Å². The molecule has 2 heterocycles. The molecule has 2 saturated heterocycles. The van der Waals surface area contributed by atoms with E-state index < -0.39 is 28.0 Å². The first-order chi connectivity index (χ1) is 11.5. The van der Waals surface area contributed by atoms with Crippen molar-refractivity contribution in [3.63, 3.8) is 0 Å². The van der Waals surface area contributed by atoms with Gasteiger partial charge in [-0.05, 0) is 11.5 Å². The molecule has 2 aromatic carbocycles. The molecule has 3 amide bonds. The van der Waals surface area contributed by atoms with Crippen LogP contribution in [0.1, 0.15) is 0 Å². The van der Waals surface area contributed by atoms with Crippen LogP contribution in [0.15, 0.2) is 42.5 Å². The van der Waals surface area contributed by atoms with Crippen LogP contribution in [0.2, 0.25) is 0 Å². The third-order valence-electron chi connectivity index (χ3n) is 4.24. The maximum Gasteiger partial charge on any atom is 0.345 e. The average molecular weight is 362 g/mol. The van der Waals surface area contributed by atoms with Gasteiger partial charge in [0, 0.05) is 16.9 Å². The third kappa shape index (κ3) is 2.21. The van der Waals surface area contributed by atoms with Crippen molar-refractivity contribution in [2.75, 3.05) is 22.2 Å². The largest absolute Gasteiger partial charge is 0.345 e. The smallest absolute Gasteiger partial charge is 0.271 e. The van der Waals surface area contributed by atoms with Crippen molar-refractivity contribution >= 4 is 50.2 Å². The fourth-order valence-electron chi connectivity index (χ4n) is 3.11. The molecule has 0 bridgehead atoms. The Bertz CT molecular complexity index is 952. The Morgan fingerprint density at radius 2 is 1.79 bits per heavy atom. The van der Waals surface area contributed by atoms with Crippen LogP contribution in [0, 0.1) is 0 Å². The minimum atomic E-state index is -3.77. The molecule has 2 aliphatic rings. The summed E-state index contributed by atoms with van der Waals surface area (Å²) < 4.78 is 25.6. The highest BCUT2D eigenvalue weighted by Gasteiger charge is 2.52. The van der Waals surface area contributed by atoms with Gasteiger partial charge in [-0.25, -0.2) is 22.4 Å². The number of imide groups is 1. The van der Waals surface area contributed by atoms with Crippen LogP contribution < -0.4 is 4.90 Å². The summed E-state index contributed by atoms with van der Waals surface area (Å²) in [6, 6.07) is 11.0. The SMILES string of the molecule is O=C1[C@@H]2CSCCS(=O)(=O)N2C(=O)N1c1cccc2ccccc12. The van der Waals surface area contributed by atoms with E-state index in [1.165, 1.54) is 11.8 Å². The Morgan fingerprint density at radius 3 is 2.62 bits per heavy atom. The Kier molecular flexibility index (Phi) is 3.54. The van der Waals surface area contributed by atoms with Crippen molar-refractivity contribution in [1.82, 2.24) is 4.31 Å². The highest BCUT2D eigenvalue weighted by Crippen LogP contribution is 2.35. The Hall–Kier alpha value is -2.06. The van der Waals surface area contributed by atoms with Crippen LogP contribution in [0.3, 0.4) is 0 Å². The molecule has 2 aromatic rings. The third-order valence-corrected chi connectivity index (χ3v) is 7.27. The topological polar surface area (TPSA) is 74.8 Å².